The van der Waals surface area contributed by atoms with Crippen molar-refractivity contribution in [2.45, 2.75) is 26.2 Å². The number of piperazine rings is 1. The Kier molecular flexibility index (Phi) is 5.95. The molecule has 0 aliphatic carbocycles. The van der Waals surface area contributed by atoms with Gasteiger partial charge in [-0.15, -0.1) is 0 Å². The van der Waals surface area contributed by atoms with E-state index >= 15 is 0 Å². The van der Waals surface area contributed by atoms with Gasteiger partial charge in [0.25, 0.3) is 5.91 Å². The minimum Gasteiger partial charge on any atom is -0.483 e. The van der Waals surface area contributed by atoms with Crippen LogP contribution in [-0.4, -0.2) is 43.6 Å². The number of para-hydroxylation sites is 1. The Balaban J connectivity index is 1.55. The molecule has 27 heavy (non-hydrogen) atoms. The average molecular weight is 387 g/mol. The van der Waals surface area contributed by atoms with Crippen LogP contribution in [0.2, 0.25) is 5.02 Å². The topological polar surface area (TPSA) is 32.8 Å². The molecular formula is C22H27ClN2O2. The lowest BCUT2D eigenvalue weighted by atomic mass is 9.86. The fourth-order valence-corrected chi connectivity index (χ4v) is 3.51. The summed E-state index contributed by atoms with van der Waals surface area (Å²) in [7, 11) is 0. The quantitative estimate of drug-likeness (QED) is 0.782. The lowest BCUT2D eigenvalue weighted by Gasteiger charge is -2.36. The van der Waals surface area contributed by atoms with Gasteiger partial charge in [0.05, 0.1) is 0 Å². The SMILES string of the molecule is CC(C)(C)c1ccccc1OCC(=O)N1CCN(c2cccc(Cl)c2)CC1. The van der Waals surface area contributed by atoms with Crippen molar-refractivity contribution in [3.05, 3.63) is 59.1 Å². The second kappa shape index (κ2) is 8.22. The number of carbonyl (C=O) groups excluding carboxylic acids is 1. The number of halogens is 1. The first-order valence-corrected chi connectivity index (χ1v) is 9.73. The Morgan fingerprint density at radius 1 is 1.04 bits per heavy atom. The van der Waals surface area contributed by atoms with E-state index < -0.39 is 0 Å². The summed E-state index contributed by atoms with van der Waals surface area (Å²) in [4.78, 5) is 16.7. The first kappa shape index (κ1) is 19.6. The minimum atomic E-state index is -0.0256. The Bertz CT molecular complexity index is 793. The van der Waals surface area contributed by atoms with Crippen LogP contribution in [0.3, 0.4) is 0 Å². The number of hydrogen-bond acceptors (Lipinski definition) is 3. The van der Waals surface area contributed by atoms with Crippen LogP contribution in [0.15, 0.2) is 48.5 Å². The van der Waals surface area contributed by atoms with Crippen molar-refractivity contribution >= 4 is 23.2 Å². The highest BCUT2D eigenvalue weighted by Crippen LogP contribution is 2.31. The summed E-state index contributed by atoms with van der Waals surface area (Å²) in [5.41, 5.74) is 2.19. The van der Waals surface area contributed by atoms with Gasteiger partial charge in [-0.1, -0.05) is 56.6 Å². The predicted molar refractivity (Wildman–Crippen MR) is 111 cm³/mol. The van der Waals surface area contributed by atoms with E-state index in [1.807, 2.05) is 41.3 Å². The summed E-state index contributed by atoms with van der Waals surface area (Å²) < 4.78 is 5.88. The third-order valence-corrected chi connectivity index (χ3v) is 5.09. The third-order valence-electron chi connectivity index (χ3n) is 4.85. The number of nitrogens with zero attached hydrogens (tertiary/aromatic N) is 2. The molecule has 144 valence electrons. The molecule has 2 aromatic carbocycles. The number of ether oxygens (including phenoxy) is 1. The number of benzene rings is 2. The zero-order chi connectivity index (χ0) is 19.4. The highest BCUT2D eigenvalue weighted by Gasteiger charge is 2.23. The highest BCUT2D eigenvalue weighted by atomic mass is 35.5. The molecule has 5 heteroatoms. The average Bonchev–Trinajstić information content (AvgIpc) is 2.66. The van der Waals surface area contributed by atoms with E-state index in [9.17, 15) is 4.79 Å². The van der Waals surface area contributed by atoms with Crippen molar-refractivity contribution in [2.24, 2.45) is 0 Å². The molecule has 1 aliphatic rings. The first-order chi connectivity index (χ1) is 12.8. The van der Waals surface area contributed by atoms with Gasteiger partial charge in [-0.25, -0.2) is 0 Å². The van der Waals surface area contributed by atoms with Crippen LogP contribution in [0, 0.1) is 0 Å². The smallest absolute Gasteiger partial charge is 0.260 e. The summed E-state index contributed by atoms with van der Waals surface area (Å²) in [5, 5.41) is 0.733. The van der Waals surface area contributed by atoms with Crippen LogP contribution < -0.4 is 9.64 Å². The fraction of sp³-hybridized carbons (Fsp3) is 0.409. The normalized spacial score (nSPS) is 15.0. The van der Waals surface area contributed by atoms with Crippen LogP contribution in [0.4, 0.5) is 5.69 Å². The number of rotatable bonds is 4. The fourth-order valence-electron chi connectivity index (χ4n) is 3.33. The minimum absolute atomic E-state index is 0.0256. The molecule has 0 spiro atoms. The van der Waals surface area contributed by atoms with Crippen LogP contribution in [0.1, 0.15) is 26.3 Å². The number of hydrogen-bond donors (Lipinski definition) is 0. The molecule has 0 radical (unpaired) electrons. The number of carbonyl (C=O) groups is 1. The maximum Gasteiger partial charge on any atom is 0.260 e. The molecular weight excluding hydrogens is 360 g/mol. The second-order valence-electron chi connectivity index (χ2n) is 7.88. The van der Waals surface area contributed by atoms with Crippen molar-refractivity contribution in [3.8, 4) is 5.75 Å². The number of amides is 1. The van der Waals surface area contributed by atoms with Crippen molar-refractivity contribution < 1.29 is 9.53 Å². The van der Waals surface area contributed by atoms with Gasteiger partial charge in [0.15, 0.2) is 6.61 Å². The van der Waals surface area contributed by atoms with Gasteiger partial charge in [-0.05, 0) is 35.2 Å². The molecule has 1 saturated heterocycles. The predicted octanol–water partition coefficient (Wildman–Crippen LogP) is 4.37. The van der Waals surface area contributed by atoms with E-state index in [1.165, 1.54) is 0 Å². The number of anilines is 1. The molecule has 1 amide bonds. The van der Waals surface area contributed by atoms with E-state index in [4.69, 9.17) is 16.3 Å². The maximum atomic E-state index is 12.6. The molecule has 0 atom stereocenters. The summed E-state index contributed by atoms with van der Waals surface area (Å²) in [5.74, 6) is 0.820. The van der Waals surface area contributed by atoms with Crippen LogP contribution in [0.25, 0.3) is 0 Å². The summed E-state index contributed by atoms with van der Waals surface area (Å²) in [6.45, 7) is 9.48. The molecule has 0 aromatic heterocycles. The molecule has 0 bridgehead atoms. The van der Waals surface area contributed by atoms with Crippen LogP contribution in [-0.2, 0) is 10.2 Å². The Morgan fingerprint density at radius 2 is 1.74 bits per heavy atom. The molecule has 1 fully saturated rings. The molecule has 0 N–H and O–H groups in total. The molecule has 2 aromatic rings. The molecule has 0 unspecified atom stereocenters. The molecule has 4 nitrogen and oxygen atoms in total. The van der Waals surface area contributed by atoms with Crippen molar-refractivity contribution in [2.75, 3.05) is 37.7 Å². The maximum absolute atomic E-state index is 12.6. The van der Waals surface area contributed by atoms with Crippen molar-refractivity contribution in [1.29, 1.82) is 0 Å². The monoisotopic (exact) mass is 386 g/mol. The Morgan fingerprint density at radius 3 is 2.41 bits per heavy atom. The molecule has 1 aliphatic heterocycles. The van der Waals surface area contributed by atoms with Gasteiger partial charge in [0.2, 0.25) is 0 Å². The van der Waals surface area contributed by atoms with Crippen LogP contribution >= 0.6 is 11.6 Å². The van der Waals surface area contributed by atoms with Gasteiger partial charge in [-0.3, -0.25) is 4.79 Å². The van der Waals surface area contributed by atoms with Crippen LogP contribution in [0.5, 0.6) is 5.75 Å². The van der Waals surface area contributed by atoms with E-state index in [1.54, 1.807) is 0 Å². The van der Waals surface area contributed by atoms with E-state index in [0.717, 1.165) is 35.1 Å². The third kappa shape index (κ3) is 4.95. The van der Waals surface area contributed by atoms with Gasteiger partial charge >= 0.3 is 0 Å². The van der Waals surface area contributed by atoms with Gasteiger partial charge in [-0.2, -0.15) is 0 Å². The van der Waals surface area contributed by atoms with E-state index in [2.05, 4.69) is 37.8 Å². The lowest BCUT2D eigenvalue weighted by molar-refractivity contribution is -0.133. The zero-order valence-electron chi connectivity index (χ0n) is 16.2. The van der Waals surface area contributed by atoms with Gasteiger partial charge in [0, 0.05) is 36.9 Å². The van der Waals surface area contributed by atoms with Gasteiger partial charge in [0.1, 0.15) is 5.75 Å². The lowest BCUT2D eigenvalue weighted by Crippen LogP contribution is -2.50. The standard InChI is InChI=1S/C22H27ClN2O2/c1-22(2,3)19-9-4-5-10-20(19)27-16-21(26)25-13-11-24(12-14-25)18-8-6-7-17(23)15-18/h4-10,15H,11-14,16H2,1-3H3. The first-order valence-electron chi connectivity index (χ1n) is 9.35. The Labute approximate surface area is 166 Å². The summed E-state index contributed by atoms with van der Waals surface area (Å²) in [6, 6.07) is 15.8. The highest BCUT2D eigenvalue weighted by molar-refractivity contribution is 6.30. The summed E-state index contributed by atoms with van der Waals surface area (Å²) in [6.07, 6.45) is 0. The largest absolute Gasteiger partial charge is 0.483 e. The van der Waals surface area contributed by atoms with Crippen molar-refractivity contribution in [1.82, 2.24) is 4.90 Å². The molecule has 1 heterocycles. The molecule has 3 rings (SSSR count). The van der Waals surface area contributed by atoms with Crippen molar-refractivity contribution in [3.63, 3.8) is 0 Å². The zero-order valence-corrected chi connectivity index (χ0v) is 17.0. The molecule has 0 saturated carbocycles. The van der Waals surface area contributed by atoms with E-state index in [-0.39, 0.29) is 17.9 Å². The second-order valence-corrected chi connectivity index (χ2v) is 8.32. The Hall–Kier alpha value is -2.20. The summed E-state index contributed by atoms with van der Waals surface area (Å²) >= 11 is 6.08. The van der Waals surface area contributed by atoms with E-state index in [0.29, 0.717) is 13.1 Å². The van der Waals surface area contributed by atoms with Gasteiger partial charge < -0.3 is 14.5 Å².